The van der Waals surface area contributed by atoms with Crippen LogP contribution in [-0.2, 0) is 6.54 Å². The van der Waals surface area contributed by atoms with E-state index in [1.807, 2.05) is 0 Å². The van der Waals surface area contributed by atoms with Crippen molar-refractivity contribution >= 4 is 21.6 Å². The lowest BCUT2D eigenvalue weighted by molar-refractivity contribution is -0.385. The second-order valence-corrected chi connectivity index (χ2v) is 3.43. The molecule has 2 N–H and O–H groups in total. The minimum atomic E-state index is -0.479. The molecule has 1 rings (SSSR count). The molecule has 0 aliphatic rings. The third kappa shape index (κ3) is 2.02. The highest BCUT2D eigenvalue weighted by molar-refractivity contribution is 9.10. The molecule has 0 heterocycles. The molecule has 5 nitrogen and oxygen atoms in total. The Morgan fingerprint density at radius 3 is 2.71 bits per heavy atom. The van der Waals surface area contributed by atoms with E-state index in [0.29, 0.717) is 10.2 Å². The highest BCUT2D eigenvalue weighted by Gasteiger charge is 2.15. The van der Waals surface area contributed by atoms with Gasteiger partial charge in [0, 0.05) is 12.1 Å². The third-order valence-electron chi connectivity index (χ3n) is 1.77. The van der Waals surface area contributed by atoms with Gasteiger partial charge in [0.1, 0.15) is 5.75 Å². The first kappa shape index (κ1) is 10.9. The van der Waals surface area contributed by atoms with E-state index < -0.39 is 4.92 Å². The van der Waals surface area contributed by atoms with Crippen LogP contribution in [0.1, 0.15) is 5.56 Å². The van der Waals surface area contributed by atoms with Gasteiger partial charge in [0.15, 0.2) is 0 Å². The number of benzene rings is 1. The molecule has 0 fully saturated rings. The van der Waals surface area contributed by atoms with Gasteiger partial charge in [0.25, 0.3) is 5.69 Å². The summed E-state index contributed by atoms with van der Waals surface area (Å²) in [5.41, 5.74) is 6.15. The SMILES string of the molecule is COc1cc([N+](=O)[O-])c(Br)cc1CN. The van der Waals surface area contributed by atoms with Crippen molar-refractivity contribution in [3.63, 3.8) is 0 Å². The van der Waals surface area contributed by atoms with Crippen molar-refractivity contribution in [1.29, 1.82) is 0 Å². The van der Waals surface area contributed by atoms with Gasteiger partial charge in [0.2, 0.25) is 0 Å². The molecule has 1 aromatic rings. The van der Waals surface area contributed by atoms with Crippen LogP contribution in [0.15, 0.2) is 16.6 Å². The Hall–Kier alpha value is -1.14. The van der Waals surface area contributed by atoms with Crippen molar-refractivity contribution in [2.45, 2.75) is 6.54 Å². The Bertz CT molecular complexity index is 368. The second kappa shape index (κ2) is 4.39. The van der Waals surface area contributed by atoms with Crippen LogP contribution < -0.4 is 10.5 Å². The molecule has 0 bridgehead atoms. The normalized spacial score (nSPS) is 9.93. The first-order chi connectivity index (χ1) is 6.60. The number of methoxy groups -OCH3 is 1. The van der Waals surface area contributed by atoms with E-state index in [-0.39, 0.29) is 12.2 Å². The lowest BCUT2D eigenvalue weighted by atomic mass is 10.2. The van der Waals surface area contributed by atoms with Crippen LogP contribution in [-0.4, -0.2) is 12.0 Å². The van der Waals surface area contributed by atoms with Crippen molar-refractivity contribution in [1.82, 2.24) is 0 Å². The lowest BCUT2D eigenvalue weighted by Crippen LogP contribution is -2.01. The number of nitro groups is 1. The molecular weight excluding hydrogens is 252 g/mol. The Morgan fingerprint density at radius 1 is 1.64 bits per heavy atom. The fraction of sp³-hybridized carbons (Fsp3) is 0.250. The number of halogens is 1. The fourth-order valence-corrected chi connectivity index (χ4v) is 1.61. The summed E-state index contributed by atoms with van der Waals surface area (Å²) >= 11 is 3.10. The number of nitrogens with zero attached hydrogens (tertiary/aromatic N) is 1. The number of nitrogens with two attached hydrogens (primary N) is 1. The standard InChI is InChI=1S/C8H9BrN2O3/c1-14-8-3-7(11(12)13)6(9)2-5(8)4-10/h2-3H,4,10H2,1H3. The monoisotopic (exact) mass is 260 g/mol. The Kier molecular flexibility index (Phi) is 3.43. The van der Waals surface area contributed by atoms with Gasteiger partial charge in [-0.3, -0.25) is 10.1 Å². The largest absolute Gasteiger partial charge is 0.496 e. The van der Waals surface area contributed by atoms with Gasteiger partial charge < -0.3 is 10.5 Å². The second-order valence-electron chi connectivity index (χ2n) is 2.58. The van der Waals surface area contributed by atoms with Crippen LogP contribution in [0.4, 0.5) is 5.69 Å². The Balaban J connectivity index is 3.30. The van der Waals surface area contributed by atoms with Gasteiger partial charge >= 0.3 is 0 Å². The van der Waals surface area contributed by atoms with E-state index >= 15 is 0 Å². The van der Waals surface area contributed by atoms with Gasteiger partial charge in [-0.15, -0.1) is 0 Å². The highest BCUT2D eigenvalue weighted by Crippen LogP contribution is 2.32. The van der Waals surface area contributed by atoms with Crippen molar-refractivity contribution in [3.8, 4) is 5.75 Å². The molecule has 0 unspecified atom stereocenters. The summed E-state index contributed by atoms with van der Waals surface area (Å²) in [6, 6.07) is 2.95. The molecule has 14 heavy (non-hydrogen) atoms. The summed E-state index contributed by atoms with van der Waals surface area (Å²) in [6.07, 6.45) is 0. The van der Waals surface area contributed by atoms with Crippen LogP contribution in [0.25, 0.3) is 0 Å². The van der Waals surface area contributed by atoms with Gasteiger partial charge in [0.05, 0.1) is 22.6 Å². The van der Waals surface area contributed by atoms with Crippen molar-refractivity contribution in [2.24, 2.45) is 5.73 Å². The summed E-state index contributed by atoms with van der Waals surface area (Å²) in [5.74, 6) is 0.433. The zero-order chi connectivity index (χ0) is 10.7. The molecule has 6 heteroatoms. The summed E-state index contributed by atoms with van der Waals surface area (Å²) < 4.78 is 5.38. The number of ether oxygens (including phenoxy) is 1. The van der Waals surface area contributed by atoms with Gasteiger partial charge in [-0.2, -0.15) is 0 Å². The zero-order valence-electron chi connectivity index (χ0n) is 7.49. The first-order valence-electron chi connectivity index (χ1n) is 3.81. The number of hydrogen-bond donors (Lipinski definition) is 1. The predicted octanol–water partition coefficient (Wildman–Crippen LogP) is 1.82. The minimum Gasteiger partial charge on any atom is -0.496 e. The maximum atomic E-state index is 10.6. The first-order valence-corrected chi connectivity index (χ1v) is 4.60. The molecular formula is C8H9BrN2O3. The Labute approximate surface area is 89.1 Å². The average molecular weight is 261 g/mol. The minimum absolute atomic E-state index is 0.0287. The maximum absolute atomic E-state index is 10.6. The van der Waals surface area contributed by atoms with E-state index in [2.05, 4.69) is 15.9 Å². The third-order valence-corrected chi connectivity index (χ3v) is 2.40. The maximum Gasteiger partial charge on any atom is 0.287 e. The van der Waals surface area contributed by atoms with Crippen LogP contribution >= 0.6 is 15.9 Å². The van der Waals surface area contributed by atoms with E-state index in [1.165, 1.54) is 13.2 Å². The van der Waals surface area contributed by atoms with Crippen LogP contribution in [0.3, 0.4) is 0 Å². The summed E-state index contributed by atoms with van der Waals surface area (Å²) in [5, 5.41) is 10.6. The van der Waals surface area contributed by atoms with E-state index in [1.54, 1.807) is 6.07 Å². The fourth-order valence-electron chi connectivity index (χ4n) is 1.07. The van der Waals surface area contributed by atoms with Gasteiger partial charge in [-0.05, 0) is 22.0 Å². The molecule has 0 aliphatic carbocycles. The number of hydrogen-bond acceptors (Lipinski definition) is 4. The molecule has 0 aliphatic heterocycles. The van der Waals surface area contributed by atoms with Crippen LogP contribution in [0, 0.1) is 10.1 Å². The molecule has 76 valence electrons. The molecule has 0 spiro atoms. The van der Waals surface area contributed by atoms with E-state index in [9.17, 15) is 10.1 Å². The smallest absolute Gasteiger partial charge is 0.287 e. The van der Waals surface area contributed by atoms with Crippen molar-refractivity contribution in [2.75, 3.05) is 7.11 Å². The van der Waals surface area contributed by atoms with Crippen LogP contribution in [0.5, 0.6) is 5.75 Å². The molecule has 1 aromatic carbocycles. The predicted molar refractivity (Wildman–Crippen MR) is 55.2 cm³/mol. The molecule has 0 radical (unpaired) electrons. The van der Waals surface area contributed by atoms with E-state index in [0.717, 1.165) is 5.56 Å². The Morgan fingerprint density at radius 2 is 2.29 bits per heavy atom. The van der Waals surface area contributed by atoms with Crippen molar-refractivity contribution < 1.29 is 9.66 Å². The summed E-state index contributed by atoms with van der Waals surface area (Å²) in [7, 11) is 1.45. The lowest BCUT2D eigenvalue weighted by Gasteiger charge is -2.06. The zero-order valence-corrected chi connectivity index (χ0v) is 9.08. The highest BCUT2D eigenvalue weighted by atomic mass is 79.9. The van der Waals surface area contributed by atoms with Crippen molar-refractivity contribution in [3.05, 3.63) is 32.3 Å². The number of nitro benzene ring substituents is 1. The molecule has 0 atom stereocenters. The summed E-state index contributed by atoms with van der Waals surface area (Å²) in [6.45, 7) is 0.278. The number of rotatable bonds is 3. The van der Waals surface area contributed by atoms with Gasteiger partial charge in [-0.25, -0.2) is 0 Å². The summed E-state index contributed by atoms with van der Waals surface area (Å²) in [4.78, 5) is 10.1. The topological polar surface area (TPSA) is 78.4 Å². The quantitative estimate of drug-likeness (QED) is 0.664. The molecule has 0 saturated heterocycles. The van der Waals surface area contributed by atoms with Gasteiger partial charge in [-0.1, -0.05) is 0 Å². The van der Waals surface area contributed by atoms with E-state index in [4.69, 9.17) is 10.5 Å². The molecule has 0 saturated carbocycles. The van der Waals surface area contributed by atoms with Crippen LogP contribution in [0.2, 0.25) is 0 Å². The molecule has 0 aromatic heterocycles. The molecule has 0 amide bonds. The average Bonchev–Trinajstić information content (AvgIpc) is 2.16.